The van der Waals surface area contributed by atoms with Gasteiger partial charge in [0, 0.05) is 17.3 Å². The number of pyridine rings is 1. The summed E-state index contributed by atoms with van der Waals surface area (Å²) in [5, 5.41) is 5.17. The van der Waals surface area contributed by atoms with Gasteiger partial charge in [-0.3, -0.25) is 4.79 Å². The molecule has 0 fully saturated rings. The molecule has 4 rings (SSSR count). The van der Waals surface area contributed by atoms with Gasteiger partial charge in [-0.15, -0.1) is 0 Å². The predicted molar refractivity (Wildman–Crippen MR) is 120 cm³/mol. The van der Waals surface area contributed by atoms with Gasteiger partial charge in [0.05, 0.1) is 10.9 Å². The summed E-state index contributed by atoms with van der Waals surface area (Å²) in [6.07, 6.45) is 2.99. The largest absolute Gasteiger partial charge is 0.287 e. The quantitative estimate of drug-likeness (QED) is 0.375. The van der Waals surface area contributed by atoms with Gasteiger partial charge < -0.3 is 0 Å². The maximum atomic E-state index is 14.8. The second-order valence-corrected chi connectivity index (χ2v) is 7.81. The number of rotatable bonds is 3. The normalized spacial score (nSPS) is 11.9. The summed E-state index contributed by atoms with van der Waals surface area (Å²) in [4.78, 5) is 16.8. The van der Waals surface area contributed by atoms with Gasteiger partial charge in [-0.2, -0.15) is 9.49 Å². The minimum atomic E-state index is -0.625. The average Bonchev–Trinajstić information content (AvgIpc) is 2.70. The Kier molecular flexibility index (Phi) is 5.41. The Morgan fingerprint density at radius 2 is 1.81 bits per heavy atom. The van der Waals surface area contributed by atoms with Crippen molar-refractivity contribution in [2.45, 2.75) is 20.8 Å². The zero-order valence-electron chi connectivity index (χ0n) is 17.1. The lowest BCUT2D eigenvalue weighted by Gasteiger charge is -2.15. The summed E-state index contributed by atoms with van der Waals surface area (Å²) in [5.41, 5.74) is 3.44. The zero-order valence-corrected chi connectivity index (χ0v) is 17.8. The predicted octanol–water partition coefficient (Wildman–Crippen LogP) is 5.89. The lowest BCUT2D eigenvalue weighted by molar-refractivity contribution is 0.583. The fourth-order valence-corrected chi connectivity index (χ4v) is 3.56. The Labute approximate surface area is 182 Å². The van der Waals surface area contributed by atoms with Crippen LogP contribution in [0.3, 0.4) is 0 Å². The third kappa shape index (κ3) is 3.99. The second kappa shape index (κ2) is 8.04. The van der Waals surface area contributed by atoms with Crippen molar-refractivity contribution in [3.8, 4) is 5.69 Å². The molecular weight excluding hydrogens is 420 g/mol. The van der Waals surface area contributed by atoms with Crippen molar-refractivity contribution in [3.05, 3.63) is 98.1 Å². The minimum Gasteiger partial charge on any atom is -0.287 e. The van der Waals surface area contributed by atoms with E-state index in [9.17, 15) is 13.6 Å². The Balaban J connectivity index is 2.04. The van der Waals surface area contributed by atoms with Crippen LogP contribution >= 0.6 is 11.6 Å². The summed E-state index contributed by atoms with van der Waals surface area (Å²) < 4.78 is 29.7. The molecule has 0 amide bonds. The van der Waals surface area contributed by atoms with Gasteiger partial charge in [0.2, 0.25) is 11.4 Å². The molecule has 0 N–H and O–H groups in total. The number of hydrogen-bond donors (Lipinski definition) is 0. The van der Waals surface area contributed by atoms with Gasteiger partial charge >= 0.3 is 0 Å². The van der Waals surface area contributed by atoms with Crippen molar-refractivity contribution in [2.24, 2.45) is 0 Å². The molecule has 0 aliphatic heterocycles. The number of halogens is 3. The van der Waals surface area contributed by atoms with E-state index in [4.69, 9.17) is 11.6 Å². The van der Waals surface area contributed by atoms with Crippen molar-refractivity contribution in [3.63, 3.8) is 0 Å². The Morgan fingerprint density at radius 1 is 1.06 bits per heavy atom. The molecular formula is C24H18ClF2N3O. The zero-order chi connectivity index (χ0) is 22.3. The SMILES string of the molecule is C/C(=C\c1ccnc(F)c1)c1nn(-c2ccc(Cl)cc2F)c2cc(C)c(C)cc2c1=O. The monoisotopic (exact) mass is 437 g/mol. The Bertz CT molecular complexity index is 1430. The number of allylic oxidation sites excluding steroid dienone is 1. The van der Waals surface area contributed by atoms with Crippen LogP contribution in [0.1, 0.15) is 29.3 Å². The lowest BCUT2D eigenvalue weighted by atomic mass is 10.0. The van der Waals surface area contributed by atoms with Crippen LogP contribution in [0.4, 0.5) is 8.78 Å². The van der Waals surface area contributed by atoms with Crippen LogP contribution in [0.5, 0.6) is 0 Å². The first-order valence-electron chi connectivity index (χ1n) is 9.54. The number of aromatic nitrogens is 3. The Hall–Kier alpha value is -3.38. The number of fused-ring (bicyclic) bond motifs is 1. The van der Waals surface area contributed by atoms with Gasteiger partial charge in [0.25, 0.3) is 0 Å². The van der Waals surface area contributed by atoms with Crippen molar-refractivity contribution >= 4 is 34.2 Å². The highest BCUT2D eigenvalue weighted by Gasteiger charge is 2.17. The topological polar surface area (TPSA) is 47.8 Å². The van der Waals surface area contributed by atoms with E-state index in [0.717, 1.165) is 11.1 Å². The third-order valence-corrected chi connectivity index (χ3v) is 5.38. The highest BCUT2D eigenvalue weighted by molar-refractivity contribution is 6.30. The molecule has 0 spiro atoms. The minimum absolute atomic E-state index is 0.141. The van der Waals surface area contributed by atoms with E-state index in [-0.39, 0.29) is 21.8 Å². The first kappa shape index (κ1) is 20.9. The number of nitrogens with zero attached hydrogens (tertiary/aromatic N) is 3. The molecule has 0 atom stereocenters. The van der Waals surface area contributed by atoms with E-state index in [1.807, 2.05) is 19.9 Å². The van der Waals surface area contributed by atoms with Crippen LogP contribution in [-0.2, 0) is 0 Å². The Morgan fingerprint density at radius 3 is 2.52 bits per heavy atom. The average molecular weight is 438 g/mol. The third-order valence-electron chi connectivity index (χ3n) is 5.15. The highest BCUT2D eigenvalue weighted by atomic mass is 35.5. The van der Waals surface area contributed by atoms with Crippen molar-refractivity contribution in [2.75, 3.05) is 0 Å². The van der Waals surface area contributed by atoms with E-state index in [1.54, 1.807) is 31.2 Å². The van der Waals surface area contributed by atoms with E-state index in [0.29, 0.717) is 22.0 Å². The summed E-state index contributed by atoms with van der Waals surface area (Å²) in [7, 11) is 0. The van der Waals surface area contributed by atoms with Crippen LogP contribution < -0.4 is 5.43 Å². The van der Waals surface area contributed by atoms with Crippen LogP contribution in [0.2, 0.25) is 5.02 Å². The molecule has 2 aromatic heterocycles. The number of aryl methyl sites for hydroxylation is 2. The fraction of sp³-hybridized carbons (Fsp3) is 0.125. The van der Waals surface area contributed by atoms with Gasteiger partial charge in [0.15, 0.2) is 0 Å². The van der Waals surface area contributed by atoms with E-state index < -0.39 is 11.8 Å². The molecule has 7 heteroatoms. The van der Waals surface area contributed by atoms with Crippen LogP contribution in [0.15, 0.2) is 53.5 Å². The molecule has 0 saturated heterocycles. The highest BCUT2D eigenvalue weighted by Crippen LogP contribution is 2.25. The van der Waals surface area contributed by atoms with Crippen molar-refractivity contribution in [1.82, 2.24) is 14.8 Å². The van der Waals surface area contributed by atoms with Gasteiger partial charge in [-0.05, 0) is 85.5 Å². The van der Waals surface area contributed by atoms with Gasteiger partial charge in [-0.1, -0.05) is 11.6 Å². The summed E-state index contributed by atoms with van der Waals surface area (Å²) in [5.74, 6) is -1.19. The van der Waals surface area contributed by atoms with Gasteiger partial charge in [-0.25, -0.2) is 14.1 Å². The van der Waals surface area contributed by atoms with Crippen molar-refractivity contribution in [1.29, 1.82) is 0 Å². The molecule has 156 valence electrons. The van der Waals surface area contributed by atoms with Crippen LogP contribution in [-0.4, -0.2) is 14.8 Å². The molecule has 4 nitrogen and oxygen atoms in total. The standard InChI is InChI=1S/C24H18ClF2N3O/c1-13-9-18-21(10-14(13)2)30(20-5-4-17(25)12-19(20)26)29-23(24(18)31)15(3)8-16-6-7-28-22(27)11-16/h4-12H,1-3H3/b15-8+. The molecule has 0 aliphatic rings. The molecule has 0 saturated carbocycles. The summed E-state index contributed by atoms with van der Waals surface area (Å²) in [6, 6.07) is 10.8. The lowest BCUT2D eigenvalue weighted by Crippen LogP contribution is -2.18. The molecule has 0 aliphatic carbocycles. The van der Waals surface area contributed by atoms with Crippen LogP contribution in [0.25, 0.3) is 28.2 Å². The van der Waals surface area contributed by atoms with Crippen molar-refractivity contribution < 1.29 is 8.78 Å². The summed E-state index contributed by atoms with van der Waals surface area (Å²) >= 11 is 5.91. The van der Waals surface area contributed by atoms with E-state index in [1.165, 1.54) is 29.1 Å². The second-order valence-electron chi connectivity index (χ2n) is 7.38. The molecule has 31 heavy (non-hydrogen) atoms. The maximum absolute atomic E-state index is 14.8. The van der Waals surface area contributed by atoms with E-state index >= 15 is 0 Å². The maximum Gasteiger partial charge on any atom is 0.215 e. The number of benzene rings is 2. The fourth-order valence-electron chi connectivity index (χ4n) is 3.41. The molecule has 0 radical (unpaired) electrons. The molecule has 0 bridgehead atoms. The smallest absolute Gasteiger partial charge is 0.215 e. The first-order valence-corrected chi connectivity index (χ1v) is 9.92. The first-order chi connectivity index (χ1) is 14.7. The van der Waals surface area contributed by atoms with Gasteiger partial charge in [0.1, 0.15) is 17.2 Å². The van der Waals surface area contributed by atoms with E-state index in [2.05, 4.69) is 10.1 Å². The summed E-state index contributed by atoms with van der Waals surface area (Å²) in [6.45, 7) is 5.53. The molecule has 2 heterocycles. The number of hydrogen-bond acceptors (Lipinski definition) is 3. The van der Waals surface area contributed by atoms with Crippen LogP contribution in [0, 0.1) is 25.6 Å². The molecule has 0 unspecified atom stereocenters. The molecule has 2 aromatic carbocycles. The molecule has 4 aromatic rings.